The van der Waals surface area contributed by atoms with Gasteiger partial charge in [0.25, 0.3) is 0 Å². The first-order valence-corrected chi connectivity index (χ1v) is 8.74. The molecule has 2 aliphatic rings. The summed E-state index contributed by atoms with van der Waals surface area (Å²) in [6.07, 6.45) is 8.12. The minimum Gasteiger partial charge on any atom is -0.387 e. The molecule has 0 amide bonds. The van der Waals surface area contributed by atoms with E-state index in [0.717, 1.165) is 12.8 Å². The van der Waals surface area contributed by atoms with Crippen LogP contribution in [0.25, 0.3) is 10.8 Å². The molecule has 0 unspecified atom stereocenters. The number of nitrogens with one attached hydrogen (secondary N) is 1. The van der Waals surface area contributed by atoms with Crippen molar-refractivity contribution in [1.29, 1.82) is 0 Å². The zero-order chi connectivity index (χ0) is 15.0. The van der Waals surface area contributed by atoms with Crippen molar-refractivity contribution in [2.45, 2.75) is 56.6 Å². The minimum absolute atomic E-state index is 0.192. The first kappa shape index (κ1) is 14.1. The topological polar surface area (TPSA) is 32.3 Å². The highest BCUT2D eigenvalue weighted by Crippen LogP contribution is 2.45. The zero-order valence-corrected chi connectivity index (χ0v) is 13.1. The van der Waals surface area contributed by atoms with E-state index in [2.05, 4.69) is 47.8 Å². The Morgan fingerprint density at radius 3 is 2.68 bits per heavy atom. The lowest BCUT2D eigenvalue weighted by molar-refractivity contribution is -0.0834. The molecule has 2 heteroatoms. The summed E-state index contributed by atoms with van der Waals surface area (Å²) >= 11 is 0. The van der Waals surface area contributed by atoms with Gasteiger partial charge in [-0.05, 0) is 43.1 Å². The van der Waals surface area contributed by atoms with Crippen LogP contribution in [-0.2, 0) is 0 Å². The van der Waals surface area contributed by atoms with Crippen molar-refractivity contribution < 1.29 is 5.11 Å². The second kappa shape index (κ2) is 5.58. The van der Waals surface area contributed by atoms with Gasteiger partial charge in [-0.25, -0.2) is 0 Å². The molecule has 0 saturated heterocycles. The molecule has 2 aromatic carbocycles. The second-order valence-corrected chi connectivity index (χ2v) is 7.09. The molecule has 3 atom stereocenters. The van der Waals surface area contributed by atoms with Crippen molar-refractivity contribution in [3.05, 3.63) is 42.5 Å². The number of hydrogen-bond acceptors (Lipinski definition) is 2. The van der Waals surface area contributed by atoms with Gasteiger partial charge in [-0.2, -0.15) is 0 Å². The lowest BCUT2D eigenvalue weighted by atomic mass is 9.65. The third-order valence-corrected chi connectivity index (χ3v) is 5.85. The summed E-state index contributed by atoms with van der Waals surface area (Å²) < 4.78 is 0. The van der Waals surface area contributed by atoms with E-state index in [9.17, 15) is 5.11 Å². The lowest BCUT2D eigenvalue weighted by Gasteiger charge is -2.49. The van der Waals surface area contributed by atoms with Gasteiger partial charge in [0.2, 0.25) is 0 Å². The van der Waals surface area contributed by atoms with Crippen molar-refractivity contribution >= 4 is 16.5 Å². The van der Waals surface area contributed by atoms with Crippen LogP contribution < -0.4 is 5.32 Å². The highest BCUT2D eigenvalue weighted by molar-refractivity contribution is 5.93. The quantitative estimate of drug-likeness (QED) is 0.840. The molecule has 2 aromatic rings. The van der Waals surface area contributed by atoms with Crippen LogP contribution in [0.3, 0.4) is 0 Å². The fraction of sp³-hybridized carbons (Fsp3) is 0.500. The summed E-state index contributed by atoms with van der Waals surface area (Å²) in [5.41, 5.74) is 0.663. The number of rotatable bonds is 2. The van der Waals surface area contributed by atoms with Crippen LogP contribution in [0, 0.1) is 5.92 Å². The van der Waals surface area contributed by atoms with E-state index in [1.807, 2.05) is 0 Å². The highest BCUT2D eigenvalue weighted by atomic mass is 16.3. The maximum absolute atomic E-state index is 11.3. The molecule has 4 rings (SSSR count). The fourth-order valence-corrected chi connectivity index (χ4v) is 4.66. The van der Waals surface area contributed by atoms with Gasteiger partial charge < -0.3 is 10.4 Å². The largest absolute Gasteiger partial charge is 0.387 e. The van der Waals surface area contributed by atoms with Crippen LogP contribution in [0.5, 0.6) is 0 Å². The van der Waals surface area contributed by atoms with Crippen LogP contribution in [0.2, 0.25) is 0 Å². The minimum atomic E-state index is -0.507. The summed E-state index contributed by atoms with van der Waals surface area (Å²) in [4.78, 5) is 0. The van der Waals surface area contributed by atoms with Crippen molar-refractivity contribution in [2.24, 2.45) is 5.92 Å². The molecule has 0 spiro atoms. The third-order valence-electron chi connectivity index (χ3n) is 5.85. The predicted octanol–water partition coefficient (Wildman–Crippen LogP) is 4.73. The van der Waals surface area contributed by atoms with Gasteiger partial charge in [0, 0.05) is 11.1 Å². The molecule has 2 N–H and O–H groups in total. The average Bonchev–Trinajstić information content (AvgIpc) is 2.56. The molecule has 0 radical (unpaired) electrons. The fourth-order valence-electron chi connectivity index (χ4n) is 4.66. The van der Waals surface area contributed by atoms with Crippen molar-refractivity contribution in [3.63, 3.8) is 0 Å². The second-order valence-electron chi connectivity index (χ2n) is 7.09. The Kier molecular flexibility index (Phi) is 3.57. The number of fused-ring (bicyclic) bond motifs is 2. The summed E-state index contributed by atoms with van der Waals surface area (Å²) in [5, 5.41) is 17.6. The van der Waals surface area contributed by atoms with E-state index >= 15 is 0 Å². The molecular formula is C20H25NO. The molecule has 22 heavy (non-hydrogen) atoms. The smallest absolute Gasteiger partial charge is 0.0875 e. The summed E-state index contributed by atoms with van der Waals surface area (Å²) in [6.45, 7) is 0. The Balaban J connectivity index is 1.66. The van der Waals surface area contributed by atoms with E-state index in [1.165, 1.54) is 48.6 Å². The standard InChI is InChI=1S/C20H25NO/c22-20-14-4-3-9-16(20)10-6-13-19(20)21-18-12-5-8-15-7-1-2-11-17(15)18/h1-2,5,7-8,11-12,16,19,21-22H,3-4,6,9-10,13-14H2/t16-,19-,20-/m1/s1. The number of aliphatic hydroxyl groups is 1. The van der Waals surface area contributed by atoms with Gasteiger partial charge in [0.15, 0.2) is 0 Å². The van der Waals surface area contributed by atoms with Crippen LogP contribution in [0.1, 0.15) is 44.9 Å². The molecule has 2 nitrogen and oxygen atoms in total. The van der Waals surface area contributed by atoms with E-state index in [1.54, 1.807) is 0 Å². The van der Waals surface area contributed by atoms with E-state index in [4.69, 9.17) is 0 Å². The first-order chi connectivity index (χ1) is 10.8. The van der Waals surface area contributed by atoms with Crippen LogP contribution in [-0.4, -0.2) is 16.7 Å². The third kappa shape index (κ3) is 2.30. The van der Waals surface area contributed by atoms with Gasteiger partial charge in [-0.3, -0.25) is 0 Å². The van der Waals surface area contributed by atoms with Crippen LogP contribution >= 0.6 is 0 Å². The van der Waals surface area contributed by atoms with Gasteiger partial charge in [-0.15, -0.1) is 0 Å². The van der Waals surface area contributed by atoms with Crippen LogP contribution in [0.15, 0.2) is 42.5 Å². The Morgan fingerprint density at radius 2 is 1.73 bits per heavy atom. The summed E-state index contributed by atoms with van der Waals surface area (Å²) in [5.74, 6) is 0.488. The first-order valence-electron chi connectivity index (χ1n) is 8.74. The molecule has 0 heterocycles. The molecule has 2 saturated carbocycles. The zero-order valence-electron chi connectivity index (χ0n) is 13.1. The summed E-state index contributed by atoms with van der Waals surface area (Å²) in [6, 6.07) is 15.1. The summed E-state index contributed by atoms with van der Waals surface area (Å²) in [7, 11) is 0. The molecule has 2 aliphatic carbocycles. The number of hydrogen-bond donors (Lipinski definition) is 2. The SMILES string of the molecule is O[C@]12CCCC[C@@H]1CCC[C@H]2Nc1cccc2ccccc12. The monoisotopic (exact) mass is 295 g/mol. The Hall–Kier alpha value is -1.54. The van der Waals surface area contributed by atoms with E-state index in [0.29, 0.717) is 5.92 Å². The number of benzene rings is 2. The normalized spacial score (nSPS) is 31.7. The molecule has 0 aromatic heterocycles. The highest BCUT2D eigenvalue weighted by Gasteiger charge is 2.47. The number of anilines is 1. The lowest BCUT2D eigenvalue weighted by Crippen LogP contribution is -2.56. The van der Waals surface area contributed by atoms with Crippen molar-refractivity contribution in [1.82, 2.24) is 0 Å². The van der Waals surface area contributed by atoms with E-state index < -0.39 is 5.60 Å². The molecule has 0 bridgehead atoms. The molecule has 116 valence electrons. The van der Waals surface area contributed by atoms with Gasteiger partial charge in [0.05, 0.1) is 11.6 Å². The Morgan fingerprint density at radius 1 is 0.909 bits per heavy atom. The van der Waals surface area contributed by atoms with Crippen LogP contribution in [0.4, 0.5) is 5.69 Å². The molecule has 2 fully saturated rings. The average molecular weight is 295 g/mol. The molecular weight excluding hydrogens is 270 g/mol. The van der Waals surface area contributed by atoms with Crippen molar-refractivity contribution in [2.75, 3.05) is 5.32 Å². The Bertz CT molecular complexity index is 660. The Labute approximate surface area is 132 Å². The van der Waals surface area contributed by atoms with Gasteiger partial charge in [0.1, 0.15) is 0 Å². The van der Waals surface area contributed by atoms with Gasteiger partial charge >= 0.3 is 0 Å². The maximum atomic E-state index is 11.3. The molecule has 0 aliphatic heterocycles. The predicted molar refractivity (Wildman–Crippen MR) is 92.1 cm³/mol. The van der Waals surface area contributed by atoms with E-state index in [-0.39, 0.29) is 6.04 Å². The van der Waals surface area contributed by atoms with Gasteiger partial charge in [-0.1, -0.05) is 55.7 Å². The van der Waals surface area contributed by atoms with Crippen molar-refractivity contribution in [3.8, 4) is 0 Å². The maximum Gasteiger partial charge on any atom is 0.0875 e.